The van der Waals surface area contributed by atoms with Crippen molar-refractivity contribution >= 4 is 27.5 Å². The molecule has 2 nitrogen and oxygen atoms in total. The maximum Gasteiger partial charge on any atom is 0.141 e. The van der Waals surface area contributed by atoms with Crippen LogP contribution in [0, 0.1) is 0 Å². The molecule has 2 N–H and O–H groups in total. The third-order valence-corrected chi connectivity index (χ3v) is 4.10. The van der Waals surface area contributed by atoms with Gasteiger partial charge in [0.15, 0.2) is 0 Å². The van der Waals surface area contributed by atoms with Crippen molar-refractivity contribution in [2.24, 2.45) is 5.73 Å². The molecule has 0 aliphatic carbocycles. The fraction of sp³-hybridized carbons (Fsp3) is 0.250. The molecule has 0 aromatic heterocycles. The van der Waals surface area contributed by atoms with E-state index in [1.54, 1.807) is 0 Å². The number of aryl methyl sites for hydroxylation is 1. The molecule has 2 aromatic carbocycles. The smallest absolute Gasteiger partial charge is 0.141 e. The van der Waals surface area contributed by atoms with Crippen molar-refractivity contribution < 1.29 is 4.74 Å². The molecule has 0 fully saturated rings. The van der Waals surface area contributed by atoms with Gasteiger partial charge >= 0.3 is 0 Å². The summed E-state index contributed by atoms with van der Waals surface area (Å²) in [5.41, 5.74) is 8.00. The molecule has 0 aliphatic rings. The maximum atomic E-state index is 6.11. The van der Waals surface area contributed by atoms with E-state index in [4.69, 9.17) is 22.1 Å². The molecule has 0 amide bonds. The predicted octanol–water partition coefficient (Wildman–Crippen LogP) is 5.48. The van der Waals surface area contributed by atoms with E-state index in [1.807, 2.05) is 43.3 Å². The molecule has 0 aliphatic heterocycles. The number of hydrogen-bond acceptors (Lipinski definition) is 2. The summed E-state index contributed by atoms with van der Waals surface area (Å²) in [6.45, 7) is 4.02. The first-order chi connectivity index (χ1) is 9.51. The Kier molecular flexibility index (Phi) is 5.08. The zero-order chi connectivity index (χ0) is 14.7. The molecule has 1 atom stereocenters. The predicted molar refractivity (Wildman–Crippen MR) is 87.6 cm³/mol. The van der Waals surface area contributed by atoms with Gasteiger partial charge in [0, 0.05) is 11.1 Å². The molecule has 0 saturated carbocycles. The van der Waals surface area contributed by atoms with Gasteiger partial charge in [-0.05, 0) is 70.7 Å². The zero-order valence-electron chi connectivity index (χ0n) is 11.5. The van der Waals surface area contributed by atoms with Crippen LogP contribution in [-0.2, 0) is 6.42 Å². The fourth-order valence-corrected chi connectivity index (χ4v) is 2.62. The van der Waals surface area contributed by atoms with Gasteiger partial charge in [0.25, 0.3) is 0 Å². The summed E-state index contributed by atoms with van der Waals surface area (Å²) in [4.78, 5) is 0. The molecular weight excluding hydrogens is 338 g/mol. The highest BCUT2D eigenvalue weighted by atomic mass is 79.9. The van der Waals surface area contributed by atoms with Crippen molar-refractivity contribution in [3.8, 4) is 11.5 Å². The molecule has 0 unspecified atom stereocenters. The van der Waals surface area contributed by atoms with Crippen molar-refractivity contribution in [3.63, 3.8) is 0 Å². The Bertz CT molecular complexity index is 613. The highest BCUT2D eigenvalue weighted by Gasteiger charge is 2.08. The van der Waals surface area contributed by atoms with E-state index in [1.165, 1.54) is 0 Å². The van der Waals surface area contributed by atoms with Gasteiger partial charge in [0.1, 0.15) is 11.5 Å². The van der Waals surface area contributed by atoms with Gasteiger partial charge in [0.05, 0.1) is 4.47 Å². The average Bonchev–Trinajstić information content (AvgIpc) is 2.42. The number of halogens is 2. The zero-order valence-corrected chi connectivity index (χ0v) is 13.8. The van der Waals surface area contributed by atoms with Crippen molar-refractivity contribution in [3.05, 3.63) is 57.0 Å². The van der Waals surface area contributed by atoms with E-state index >= 15 is 0 Å². The van der Waals surface area contributed by atoms with Gasteiger partial charge in [-0.2, -0.15) is 0 Å². The van der Waals surface area contributed by atoms with E-state index in [-0.39, 0.29) is 6.04 Å². The van der Waals surface area contributed by atoms with E-state index < -0.39 is 0 Å². The number of ether oxygens (including phenoxy) is 1. The minimum absolute atomic E-state index is 0.00239. The Labute approximate surface area is 133 Å². The fourth-order valence-electron chi connectivity index (χ4n) is 1.90. The van der Waals surface area contributed by atoms with Crippen LogP contribution in [0.15, 0.2) is 40.9 Å². The Hall–Kier alpha value is -1.03. The average molecular weight is 355 g/mol. The summed E-state index contributed by atoms with van der Waals surface area (Å²) in [6, 6.07) is 11.6. The van der Waals surface area contributed by atoms with E-state index in [9.17, 15) is 0 Å². The highest BCUT2D eigenvalue weighted by molar-refractivity contribution is 9.10. The molecule has 0 radical (unpaired) electrons. The second-order valence-corrected chi connectivity index (χ2v) is 5.95. The number of rotatable bonds is 4. The van der Waals surface area contributed by atoms with Crippen LogP contribution in [0.3, 0.4) is 0 Å². The first kappa shape index (κ1) is 15.4. The lowest BCUT2D eigenvalue weighted by molar-refractivity contribution is 0.478. The number of benzene rings is 2. The summed E-state index contributed by atoms with van der Waals surface area (Å²) in [7, 11) is 0. The van der Waals surface area contributed by atoms with Crippen LogP contribution in [0.1, 0.15) is 31.0 Å². The van der Waals surface area contributed by atoms with Crippen LogP contribution in [-0.4, -0.2) is 0 Å². The van der Waals surface area contributed by atoms with Crippen LogP contribution in [0.2, 0.25) is 5.02 Å². The lowest BCUT2D eigenvalue weighted by Gasteiger charge is -2.12. The molecular formula is C16H17BrClNO. The van der Waals surface area contributed by atoms with Gasteiger partial charge in [-0.1, -0.05) is 24.6 Å². The minimum Gasteiger partial charge on any atom is -0.456 e. The monoisotopic (exact) mass is 353 g/mol. The van der Waals surface area contributed by atoms with Crippen molar-refractivity contribution in [2.45, 2.75) is 26.3 Å². The van der Waals surface area contributed by atoms with Gasteiger partial charge < -0.3 is 10.5 Å². The van der Waals surface area contributed by atoms with Crippen molar-refractivity contribution in [1.82, 2.24) is 0 Å². The second kappa shape index (κ2) is 6.61. The molecule has 0 heterocycles. The van der Waals surface area contributed by atoms with Gasteiger partial charge in [-0.3, -0.25) is 0 Å². The van der Waals surface area contributed by atoms with Crippen LogP contribution < -0.4 is 10.5 Å². The van der Waals surface area contributed by atoms with Crippen molar-refractivity contribution in [1.29, 1.82) is 0 Å². The van der Waals surface area contributed by atoms with Gasteiger partial charge in [-0.25, -0.2) is 0 Å². The minimum atomic E-state index is 0.00239. The molecule has 106 valence electrons. The highest BCUT2D eigenvalue weighted by Crippen LogP contribution is 2.33. The normalized spacial score (nSPS) is 12.2. The van der Waals surface area contributed by atoms with E-state index in [0.29, 0.717) is 0 Å². The third kappa shape index (κ3) is 3.54. The molecule has 0 spiro atoms. The van der Waals surface area contributed by atoms with Crippen LogP contribution in [0.5, 0.6) is 11.5 Å². The quantitative estimate of drug-likeness (QED) is 0.789. The summed E-state index contributed by atoms with van der Waals surface area (Å²) in [5, 5.41) is 0.770. The summed E-state index contributed by atoms with van der Waals surface area (Å²) in [5.74, 6) is 1.54. The molecule has 2 aromatic rings. The lowest BCUT2D eigenvalue weighted by atomic mass is 10.1. The molecule has 20 heavy (non-hydrogen) atoms. The Morgan fingerprint density at radius 2 is 2.00 bits per heavy atom. The van der Waals surface area contributed by atoms with E-state index in [2.05, 4.69) is 22.9 Å². The summed E-state index contributed by atoms with van der Waals surface area (Å²) < 4.78 is 6.78. The first-order valence-electron chi connectivity index (χ1n) is 6.52. The van der Waals surface area contributed by atoms with Crippen LogP contribution in [0.4, 0.5) is 0 Å². The van der Waals surface area contributed by atoms with E-state index in [0.717, 1.165) is 38.5 Å². The summed E-state index contributed by atoms with van der Waals surface area (Å²) >= 11 is 9.62. The SMILES string of the molecule is CCc1cc(Oc2ccc([C@@H](C)N)cc2Br)ccc1Cl. The van der Waals surface area contributed by atoms with Crippen molar-refractivity contribution in [2.75, 3.05) is 0 Å². The van der Waals surface area contributed by atoms with Crippen LogP contribution in [0.25, 0.3) is 0 Å². The molecule has 4 heteroatoms. The third-order valence-electron chi connectivity index (χ3n) is 3.11. The first-order valence-corrected chi connectivity index (χ1v) is 7.69. The lowest BCUT2D eigenvalue weighted by Crippen LogP contribution is -2.04. The Morgan fingerprint density at radius 3 is 2.60 bits per heavy atom. The molecule has 0 saturated heterocycles. The molecule has 0 bridgehead atoms. The molecule has 2 rings (SSSR count). The largest absolute Gasteiger partial charge is 0.456 e. The Morgan fingerprint density at radius 1 is 1.25 bits per heavy atom. The standard InChI is InChI=1S/C16H17BrClNO/c1-3-11-8-13(5-6-15(11)18)20-16-7-4-12(10(2)19)9-14(16)17/h4-10H,3,19H2,1-2H3/t10-/m1/s1. The number of nitrogens with two attached hydrogens (primary N) is 1. The number of hydrogen-bond donors (Lipinski definition) is 1. The topological polar surface area (TPSA) is 35.2 Å². The Balaban J connectivity index is 2.26. The van der Waals surface area contributed by atoms with Gasteiger partial charge in [0.2, 0.25) is 0 Å². The van der Waals surface area contributed by atoms with Gasteiger partial charge in [-0.15, -0.1) is 0 Å². The maximum absolute atomic E-state index is 6.11. The summed E-state index contributed by atoms with van der Waals surface area (Å²) in [6.07, 6.45) is 0.876. The second-order valence-electron chi connectivity index (χ2n) is 4.69. The van der Waals surface area contributed by atoms with Crippen LogP contribution >= 0.6 is 27.5 Å².